The summed E-state index contributed by atoms with van der Waals surface area (Å²) in [6.45, 7) is 0. The second-order valence-corrected chi connectivity index (χ2v) is 2.20. The van der Waals surface area contributed by atoms with E-state index in [-0.39, 0.29) is 0 Å². The third-order valence-electron chi connectivity index (χ3n) is 0.903. The lowest BCUT2D eigenvalue weighted by molar-refractivity contribution is -0.530. The second-order valence-electron chi connectivity index (χ2n) is 2.20. The van der Waals surface area contributed by atoms with Crippen LogP contribution in [-0.4, -0.2) is 18.8 Å². The van der Waals surface area contributed by atoms with Crippen molar-refractivity contribution in [2.45, 2.75) is 18.8 Å². The van der Waals surface area contributed by atoms with Crippen LogP contribution in [0.2, 0.25) is 0 Å². The van der Waals surface area contributed by atoms with E-state index in [1.165, 1.54) is 0 Å². The number of ether oxygens (including phenoxy) is 2. The third kappa shape index (κ3) is 5.72. The first-order valence-corrected chi connectivity index (χ1v) is 3.21. The molecule has 102 valence electrons. The van der Waals surface area contributed by atoms with Crippen LogP contribution in [0.5, 0.6) is 0 Å². The Labute approximate surface area is 85.4 Å². The predicted octanol–water partition coefficient (Wildman–Crippen LogP) is 3.76. The second kappa shape index (κ2) is 4.68. The molecule has 0 fully saturated rings. The van der Waals surface area contributed by atoms with Crippen LogP contribution in [0.4, 0.5) is 43.9 Å². The number of hydrogen-bond donors (Lipinski definition) is 0. The normalized spacial score (nSPS) is 13.8. The zero-order valence-electron chi connectivity index (χ0n) is 7.10. The average Bonchev–Trinajstić information content (AvgIpc) is 1.94. The predicted molar refractivity (Wildman–Crippen MR) is 28.5 cm³/mol. The van der Waals surface area contributed by atoms with E-state index in [1.54, 1.807) is 4.74 Å². The average molecular weight is 282 g/mol. The van der Waals surface area contributed by atoms with Gasteiger partial charge in [0.2, 0.25) is 0 Å². The molecule has 0 N–H and O–H groups in total. The van der Waals surface area contributed by atoms with Crippen molar-refractivity contribution in [2.75, 3.05) is 0 Å². The van der Waals surface area contributed by atoms with E-state index < -0.39 is 30.7 Å². The molecule has 0 aliphatic carbocycles. The van der Waals surface area contributed by atoms with E-state index in [9.17, 15) is 43.9 Å². The lowest BCUT2D eigenvalue weighted by Gasteiger charge is -2.22. The van der Waals surface area contributed by atoms with Crippen LogP contribution in [0.15, 0.2) is 11.9 Å². The summed E-state index contributed by atoms with van der Waals surface area (Å²) in [5, 5.41) is 0. The molecule has 0 spiro atoms. The standard InChI is InChI=1S/C5F10O2/c6-1(2(7)8)3(9,10)16-5(14,15)17-4(11,12)13. The van der Waals surface area contributed by atoms with Gasteiger partial charge in [0.1, 0.15) is 0 Å². The van der Waals surface area contributed by atoms with Gasteiger partial charge in [-0.25, -0.2) is 4.74 Å². The summed E-state index contributed by atoms with van der Waals surface area (Å²) in [4.78, 5) is 0. The van der Waals surface area contributed by atoms with Crippen molar-refractivity contribution in [2.24, 2.45) is 0 Å². The first-order valence-electron chi connectivity index (χ1n) is 3.21. The minimum absolute atomic E-state index is 1.72. The Bertz CT molecular complexity index is 300. The summed E-state index contributed by atoms with van der Waals surface area (Å²) in [7, 11) is 0. The molecular weight excluding hydrogens is 282 g/mol. The van der Waals surface area contributed by atoms with Gasteiger partial charge in [0.25, 0.3) is 5.83 Å². The Hall–Kier alpha value is -1.04. The fourth-order valence-electron chi connectivity index (χ4n) is 0.460. The SMILES string of the molecule is FC(F)=C(F)C(F)(F)OC(F)(F)OC(F)(F)F. The fraction of sp³-hybridized carbons (Fsp3) is 0.600. The zero-order chi connectivity index (χ0) is 14.1. The maximum absolute atomic E-state index is 12.1. The van der Waals surface area contributed by atoms with E-state index in [2.05, 4.69) is 0 Å². The Balaban J connectivity index is 4.89. The van der Waals surface area contributed by atoms with Crippen molar-refractivity contribution < 1.29 is 53.4 Å². The van der Waals surface area contributed by atoms with Gasteiger partial charge in [0.05, 0.1) is 0 Å². The highest BCUT2D eigenvalue weighted by molar-refractivity contribution is 4.99. The van der Waals surface area contributed by atoms with Crippen molar-refractivity contribution in [1.82, 2.24) is 0 Å². The summed E-state index contributed by atoms with van der Waals surface area (Å²) in [6, 6.07) is 0. The smallest absolute Gasteiger partial charge is 0.223 e. The van der Waals surface area contributed by atoms with Crippen molar-refractivity contribution in [1.29, 1.82) is 0 Å². The minimum Gasteiger partial charge on any atom is -0.223 e. The van der Waals surface area contributed by atoms with E-state index in [1.807, 2.05) is 4.74 Å². The van der Waals surface area contributed by atoms with Gasteiger partial charge in [-0.1, -0.05) is 0 Å². The molecule has 0 saturated carbocycles. The van der Waals surface area contributed by atoms with Gasteiger partial charge >= 0.3 is 24.8 Å². The number of alkyl halides is 7. The highest BCUT2D eigenvalue weighted by Crippen LogP contribution is 2.38. The molecule has 0 atom stereocenters. The van der Waals surface area contributed by atoms with Gasteiger partial charge < -0.3 is 0 Å². The van der Waals surface area contributed by atoms with E-state index in [4.69, 9.17) is 0 Å². The summed E-state index contributed by atoms with van der Waals surface area (Å²) < 4.78 is 120. The van der Waals surface area contributed by atoms with Crippen LogP contribution in [0.25, 0.3) is 0 Å². The lowest BCUT2D eigenvalue weighted by atomic mass is 10.5. The van der Waals surface area contributed by atoms with Crippen LogP contribution in [0.3, 0.4) is 0 Å². The van der Waals surface area contributed by atoms with Crippen LogP contribution < -0.4 is 0 Å². The van der Waals surface area contributed by atoms with Gasteiger partial charge in [0, 0.05) is 0 Å². The molecule has 0 rings (SSSR count). The molecule has 0 saturated heterocycles. The van der Waals surface area contributed by atoms with Gasteiger partial charge in [0.15, 0.2) is 0 Å². The van der Waals surface area contributed by atoms with Crippen molar-refractivity contribution in [3.63, 3.8) is 0 Å². The molecule has 2 nitrogen and oxygen atoms in total. The van der Waals surface area contributed by atoms with Crippen LogP contribution in [0, 0.1) is 0 Å². The number of hydrogen-bond acceptors (Lipinski definition) is 2. The number of rotatable bonds is 4. The molecule has 0 aromatic rings. The molecule has 17 heavy (non-hydrogen) atoms. The topological polar surface area (TPSA) is 18.5 Å². The van der Waals surface area contributed by atoms with Crippen LogP contribution >= 0.6 is 0 Å². The van der Waals surface area contributed by atoms with Gasteiger partial charge in [-0.3, -0.25) is 0 Å². The molecule has 0 aliphatic rings. The zero-order valence-corrected chi connectivity index (χ0v) is 7.10. The van der Waals surface area contributed by atoms with Gasteiger partial charge in [-0.15, -0.1) is 22.0 Å². The third-order valence-corrected chi connectivity index (χ3v) is 0.903. The quantitative estimate of drug-likeness (QED) is 0.577. The molecule has 0 aliphatic heterocycles. The highest BCUT2D eigenvalue weighted by Gasteiger charge is 2.55. The Morgan fingerprint density at radius 1 is 0.706 bits per heavy atom. The maximum Gasteiger partial charge on any atom is 0.529 e. The summed E-state index contributed by atoms with van der Waals surface area (Å²) in [5.74, 6) is -3.76. The minimum atomic E-state index is -6.10. The Kier molecular flexibility index (Phi) is 4.39. The highest BCUT2D eigenvalue weighted by atomic mass is 19.4. The molecule has 0 heterocycles. The molecule has 0 bridgehead atoms. The largest absolute Gasteiger partial charge is 0.529 e. The summed E-state index contributed by atoms with van der Waals surface area (Å²) in [6.07, 6.45) is -21.9. The monoisotopic (exact) mass is 282 g/mol. The molecule has 0 aromatic heterocycles. The van der Waals surface area contributed by atoms with E-state index >= 15 is 0 Å². The molecule has 0 radical (unpaired) electrons. The lowest BCUT2D eigenvalue weighted by Crippen LogP contribution is -2.39. The molecule has 0 amide bonds. The van der Waals surface area contributed by atoms with E-state index in [0.717, 1.165) is 0 Å². The molecule has 12 heteroatoms. The Morgan fingerprint density at radius 3 is 1.41 bits per heavy atom. The first-order chi connectivity index (χ1) is 7.27. The summed E-state index contributed by atoms with van der Waals surface area (Å²) in [5.41, 5.74) is 0. The maximum atomic E-state index is 12.1. The number of halogens is 10. The van der Waals surface area contributed by atoms with Gasteiger partial charge in [-0.2, -0.15) is 26.7 Å². The van der Waals surface area contributed by atoms with Crippen LogP contribution in [0.1, 0.15) is 0 Å². The molecule has 0 aromatic carbocycles. The fourth-order valence-corrected chi connectivity index (χ4v) is 0.460. The molecule has 0 unspecified atom stereocenters. The first kappa shape index (κ1) is 16.0. The van der Waals surface area contributed by atoms with E-state index in [0.29, 0.717) is 0 Å². The Morgan fingerprint density at radius 2 is 1.12 bits per heavy atom. The van der Waals surface area contributed by atoms with Crippen molar-refractivity contribution >= 4 is 0 Å². The van der Waals surface area contributed by atoms with Crippen LogP contribution in [-0.2, 0) is 9.47 Å². The van der Waals surface area contributed by atoms with Crippen molar-refractivity contribution in [3.05, 3.63) is 11.9 Å². The van der Waals surface area contributed by atoms with Gasteiger partial charge in [-0.05, 0) is 0 Å². The molecular formula is C5F10O2. The van der Waals surface area contributed by atoms with Crippen molar-refractivity contribution in [3.8, 4) is 0 Å². The summed E-state index contributed by atoms with van der Waals surface area (Å²) >= 11 is 0.